The zero-order valence-electron chi connectivity index (χ0n) is 14.6. The number of rotatable bonds is 8. The van der Waals surface area contributed by atoms with Crippen molar-refractivity contribution in [3.05, 3.63) is 0 Å². The van der Waals surface area contributed by atoms with Crippen molar-refractivity contribution in [3.8, 4) is 0 Å². The minimum absolute atomic E-state index is 0. The molecule has 136 valence electrons. The molecule has 1 rings (SSSR count). The summed E-state index contributed by atoms with van der Waals surface area (Å²) in [5, 5.41) is 9.06. The second kappa shape index (κ2) is 11.9. The lowest BCUT2D eigenvalue weighted by atomic mass is 9.92. The number of hydrogen-bond donors (Lipinski definition) is 3. The van der Waals surface area contributed by atoms with Crippen molar-refractivity contribution in [2.24, 2.45) is 10.4 Å². The van der Waals surface area contributed by atoms with Crippen LogP contribution >= 0.6 is 24.0 Å². The minimum atomic E-state index is -0.488. The average molecular weight is 442 g/mol. The number of carbonyl (C=O) groups excluding carboxylic acids is 1. The van der Waals surface area contributed by atoms with Crippen LogP contribution in [0.1, 0.15) is 26.7 Å². The highest BCUT2D eigenvalue weighted by atomic mass is 127. The summed E-state index contributed by atoms with van der Waals surface area (Å²) in [7, 11) is 3.36. The van der Waals surface area contributed by atoms with E-state index in [2.05, 4.69) is 20.9 Å². The predicted molar refractivity (Wildman–Crippen MR) is 102 cm³/mol. The lowest BCUT2D eigenvalue weighted by Crippen LogP contribution is -2.47. The van der Waals surface area contributed by atoms with Crippen LogP contribution in [0, 0.1) is 5.41 Å². The third-order valence-corrected chi connectivity index (χ3v) is 3.62. The van der Waals surface area contributed by atoms with Crippen molar-refractivity contribution in [1.82, 2.24) is 16.0 Å². The van der Waals surface area contributed by atoms with Crippen LogP contribution < -0.4 is 16.0 Å². The van der Waals surface area contributed by atoms with Gasteiger partial charge < -0.3 is 25.4 Å². The summed E-state index contributed by atoms with van der Waals surface area (Å²) < 4.78 is 11.0. The lowest BCUT2D eigenvalue weighted by Gasteiger charge is -2.24. The van der Waals surface area contributed by atoms with Gasteiger partial charge in [0, 0.05) is 40.4 Å². The Hall–Kier alpha value is -0.610. The van der Waals surface area contributed by atoms with E-state index in [9.17, 15) is 4.79 Å². The fraction of sp³-hybridized carbons (Fsp3) is 0.867. The van der Waals surface area contributed by atoms with Gasteiger partial charge in [0.05, 0.1) is 18.1 Å². The van der Waals surface area contributed by atoms with Gasteiger partial charge in [0.15, 0.2) is 5.96 Å². The Morgan fingerprint density at radius 2 is 2.13 bits per heavy atom. The van der Waals surface area contributed by atoms with E-state index in [0.29, 0.717) is 25.7 Å². The Morgan fingerprint density at radius 3 is 2.70 bits per heavy atom. The van der Waals surface area contributed by atoms with E-state index >= 15 is 0 Å². The molecule has 1 amide bonds. The smallest absolute Gasteiger partial charge is 0.227 e. The van der Waals surface area contributed by atoms with Gasteiger partial charge in [-0.25, -0.2) is 0 Å². The Labute approximate surface area is 156 Å². The predicted octanol–water partition coefficient (Wildman–Crippen LogP) is 0.737. The summed E-state index contributed by atoms with van der Waals surface area (Å²) in [6.07, 6.45) is 2.15. The largest absolute Gasteiger partial charge is 0.379 e. The van der Waals surface area contributed by atoms with Crippen molar-refractivity contribution in [1.29, 1.82) is 0 Å². The second-order valence-electron chi connectivity index (χ2n) is 6.03. The Morgan fingerprint density at radius 1 is 1.39 bits per heavy atom. The summed E-state index contributed by atoms with van der Waals surface area (Å²) in [6, 6.07) is 0. The molecule has 0 radical (unpaired) electrons. The number of carbonyl (C=O) groups is 1. The number of nitrogens with one attached hydrogen (secondary N) is 3. The fourth-order valence-electron chi connectivity index (χ4n) is 2.12. The maximum atomic E-state index is 11.7. The number of hydrogen-bond acceptors (Lipinski definition) is 4. The van der Waals surface area contributed by atoms with Gasteiger partial charge in [0.1, 0.15) is 0 Å². The number of amides is 1. The molecule has 1 saturated heterocycles. The molecule has 1 atom stereocenters. The lowest BCUT2D eigenvalue weighted by molar-refractivity contribution is -0.128. The summed E-state index contributed by atoms with van der Waals surface area (Å²) in [5.74, 6) is 0.698. The maximum Gasteiger partial charge on any atom is 0.227 e. The Bertz CT molecular complexity index is 372. The van der Waals surface area contributed by atoms with Crippen molar-refractivity contribution in [2.45, 2.75) is 32.8 Å². The van der Waals surface area contributed by atoms with Gasteiger partial charge >= 0.3 is 0 Å². The van der Waals surface area contributed by atoms with Crippen LogP contribution in [0.25, 0.3) is 0 Å². The van der Waals surface area contributed by atoms with Crippen LogP contribution in [0.15, 0.2) is 4.99 Å². The Kier molecular flexibility index (Phi) is 11.5. The number of nitrogens with zero attached hydrogens (tertiary/aromatic N) is 1. The van der Waals surface area contributed by atoms with E-state index in [1.165, 1.54) is 0 Å². The molecule has 0 aromatic heterocycles. The quantitative estimate of drug-likeness (QED) is 0.224. The van der Waals surface area contributed by atoms with Gasteiger partial charge in [-0.2, -0.15) is 0 Å². The van der Waals surface area contributed by atoms with Crippen LogP contribution in [-0.2, 0) is 14.3 Å². The zero-order valence-corrected chi connectivity index (χ0v) is 16.9. The molecule has 0 aliphatic carbocycles. The third-order valence-electron chi connectivity index (χ3n) is 3.62. The van der Waals surface area contributed by atoms with Crippen LogP contribution in [0.3, 0.4) is 0 Å². The topological polar surface area (TPSA) is 84.0 Å². The van der Waals surface area contributed by atoms with Gasteiger partial charge in [-0.1, -0.05) is 0 Å². The molecule has 0 spiro atoms. The second-order valence-corrected chi connectivity index (χ2v) is 6.03. The Balaban J connectivity index is 0.00000484. The monoisotopic (exact) mass is 442 g/mol. The first-order valence-corrected chi connectivity index (χ1v) is 7.85. The number of guanidine groups is 1. The molecule has 8 heteroatoms. The molecule has 23 heavy (non-hydrogen) atoms. The molecule has 7 nitrogen and oxygen atoms in total. The molecule has 0 bridgehead atoms. The van der Waals surface area contributed by atoms with Crippen molar-refractivity contribution in [2.75, 3.05) is 47.0 Å². The average Bonchev–Trinajstić information content (AvgIpc) is 3.02. The molecule has 0 aromatic carbocycles. The van der Waals surface area contributed by atoms with Crippen LogP contribution in [0.4, 0.5) is 0 Å². The van der Waals surface area contributed by atoms with Crippen molar-refractivity contribution < 1.29 is 14.3 Å². The van der Waals surface area contributed by atoms with Crippen LogP contribution in [-0.4, -0.2) is 65.0 Å². The SMILES string of the molecule is CN=C(NCCCOC1CCOC1)NCC(C)(C)C(=O)NC.I. The number of halogens is 1. The molecule has 1 unspecified atom stereocenters. The van der Waals surface area contributed by atoms with E-state index in [1.54, 1.807) is 14.1 Å². The van der Waals surface area contributed by atoms with Crippen molar-refractivity contribution >= 4 is 35.8 Å². The summed E-state index contributed by atoms with van der Waals surface area (Å²) in [4.78, 5) is 15.9. The first-order chi connectivity index (χ1) is 10.5. The fourth-order valence-corrected chi connectivity index (χ4v) is 2.12. The molecule has 1 aliphatic heterocycles. The molecule has 1 heterocycles. The van der Waals surface area contributed by atoms with E-state index in [4.69, 9.17) is 9.47 Å². The third kappa shape index (κ3) is 8.71. The van der Waals surface area contributed by atoms with Crippen LogP contribution in [0.5, 0.6) is 0 Å². The normalized spacial score (nSPS) is 18.3. The molecule has 0 saturated carbocycles. The first-order valence-electron chi connectivity index (χ1n) is 7.85. The summed E-state index contributed by atoms with van der Waals surface area (Å²) in [5.41, 5.74) is -0.488. The molecule has 0 aromatic rings. The molecule has 1 fully saturated rings. The zero-order chi connectivity index (χ0) is 16.4. The van der Waals surface area contributed by atoms with E-state index in [-0.39, 0.29) is 36.0 Å². The minimum Gasteiger partial charge on any atom is -0.379 e. The number of ether oxygens (including phenoxy) is 2. The molecule has 3 N–H and O–H groups in total. The number of aliphatic imine (C=N–C) groups is 1. The maximum absolute atomic E-state index is 11.7. The van der Waals surface area contributed by atoms with Gasteiger partial charge in [-0.05, 0) is 26.7 Å². The highest BCUT2D eigenvalue weighted by molar-refractivity contribution is 14.0. The van der Waals surface area contributed by atoms with Crippen LogP contribution in [0.2, 0.25) is 0 Å². The standard InChI is InChI=1S/C15H30N4O3.HI/c1-15(2,13(20)16-3)11-19-14(17-4)18-7-5-8-22-12-6-9-21-10-12;/h12H,5-11H2,1-4H3,(H,16,20)(H2,17,18,19);1H. The van der Waals surface area contributed by atoms with Gasteiger partial charge in [-0.3, -0.25) is 9.79 Å². The summed E-state index contributed by atoms with van der Waals surface area (Å²) in [6.45, 7) is 7.30. The molecular weight excluding hydrogens is 411 g/mol. The van der Waals surface area contributed by atoms with Gasteiger partial charge in [0.25, 0.3) is 0 Å². The highest BCUT2D eigenvalue weighted by Gasteiger charge is 2.26. The molecular formula is C15H31IN4O3. The van der Waals surface area contributed by atoms with Gasteiger partial charge in [-0.15, -0.1) is 24.0 Å². The molecule has 1 aliphatic rings. The first kappa shape index (κ1) is 22.4. The van der Waals surface area contributed by atoms with Crippen molar-refractivity contribution in [3.63, 3.8) is 0 Å². The summed E-state index contributed by atoms with van der Waals surface area (Å²) >= 11 is 0. The van der Waals surface area contributed by atoms with E-state index in [1.807, 2.05) is 13.8 Å². The highest BCUT2D eigenvalue weighted by Crippen LogP contribution is 2.12. The van der Waals surface area contributed by atoms with Gasteiger partial charge in [0.2, 0.25) is 5.91 Å². The van der Waals surface area contributed by atoms with E-state index < -0.39 is 5.41 Å². The van der Waals surface area contributed by atoms with E-state index in [0.717, 1.165) is 26.0 Å².